The van der Waals surface area contributed by atoms with Gasteiger partial charge in [-0.1, -0.05) is 0 Å². The van der Waals surface area contributed by atoms with Crippen molar-refractivity contribution in [3.05, 3.63) is 82.9 Å². The number of halogens is 2. The molecule has 0 aliphatic heterocycles. The Labute approximate surface area is 148 Å². The van der Waals surface area contributed by atoms with Crippen molar-refractivity contribution < 1.29 is 13.1 Å². The summed E-state index contributed by atoms with van der Waals surface area (Å²) in [5.41, 5.74) is 5.23. The third kappa shape index (κ3) is 2.42. The van der Waals surface area contributed by atoms with Crippen molar-refractivity contribution in [1.82, 2.24) is 0 Å². The second-order valence-electron chi connectivity index (χ2n) is 6.45. The Morgan fingerprint density at radius 3 is 1.65 bits per heavy atom. The maximum atomic E-state index is 7.57. The van der Waals surface area contributed by atoms with E-state index in [9.17, 15) is 0 Å². The van der Waals surface area contributed by atoms with Crippen LogP contribution < -0.4 is 0 Å². The average molecular weight is 522 g/mol. The van der Waals surface area contributed by atoms with E-state index in [0.717, 1.165) is 0 Å². The van der Waals surface area contributed by atoms with Gasteiger partial charge in [-0.05, 0) is 0 Å². The molecule has 2 unspecified atom stereocenters. The van der Waals surface area contributed by atoms with Crippen molar-refractivity contribution in [2.45, 2.75) is 13.1 Å². The van der Waals surface area contributed by atoms with Gasteiger partial charge in [-0.25, -0.2) is 0 Å². The van der Waals surface area contributed by atoms with Crippen LogP contribution in [0.3, 0.4) is 0 Å². The van der Waals surface area contributed by atoms with E-state index in [4.69, 9.17) is 17.2 Å². The van der Waals surface area contributed by atoms with Gasteiger partial charge in [-0.15, -0.1) is 0 Å². The molecule has 0 nitrogen and oxygen atoms in total. The average Bonchev–Trinajstić information content (AvgIpc) is 3.20. The van der Waals surface area contributed by atoms with Gasteiger partial charge in [-0.3, -0.25) is 0 Å². The SMILES string of the molecule is [CH3][Al]=[Hf]([Cl])([Cl])([CH]1C=Cc2ccccc21)[CH]1C=Cc2ccccc21. The van der Waals surface area contributed by atoms with Crippen LogP contribution in [-0.2, 0) is 13.1 Å². The fourth-order valence-electron chi connectivity index (χ4n) is 4.01. The maximum absolute atomic E-state index is 7.57. The third-order valence-corrected chi connectivity index (χ3v) is 54.8. The molecule has 0 saturated carbocycles. The first-order valence-corrected chi connectivity index (χ1v) is 29.0. The van der Waals surface area contributed by atoms with Crippen LogP contribution in [0.25, 0.3) is 12.2 Å². The van der Waals surface area contributed by atoms with Crippen LogP contribution in [0.5, 0.6) is 0 Å². The molecule has 0 heterocycles. The molecule has 4 rings (SSSR count). The van der Waals surface area contributed by atoms with Crippen molar-refractivity contribution in [2.75, 3.05) is 0 Å². The fraction of sp³-hybridized carbons (Fsp3) is 0.158. The molecule has 0 bridgehead atoms. The Morgan fingerprint density at radius 2 is 1.22 bits per heavy atom. The summed E-state index contributed by atoms with van der Waals surface area (Å²) in [5, 5.41) is 0. The van der Waals surface area contributed by atoms with Crippen molar-refractivity contribution >= 4 is 40.3 Å². The molecule has 2 aliphatic rings. The van der Waals surface area contributed by atoms with Gasteiger partial charge in [-0.2, -0.15) is 0 Å². The van der Waals surface area contributed by atoms with Gasteiger partial charge in [0.05, 0.1) is 0 Å². The van der Waals surface area contributed by atoms with Crippen LogP contribution in [0.4, 0.5) is 0 Å². The molecule has 4 heteroatoms. The van der Waals surface area contributed by atoms with E-state index in [-0.39, 0.29) is 18.3 Å². The molecule has 0 fully saturated rings. The second-order valence-corrected chi connectivity index (χ2v) is 58.1. The number of rotatable bonds is 2. The van der Waals surface area contributed by atoms with Crippen LogP contribution in [0.2, 0.25) is 5.79 Å². The van der Waals surface area contributed by atoms with Crippen LogP contribution >= 0.6 is 17.2 Å². The minimum absolute atomic E-state index is 0.0198. The van der Waals surface area contributed by atoms with E-state index in [1.807, 2.05) is 0 Å². The molecule has 0 spiro atoms. The zero-order chi connectivity index (χ0) is 16.1. The van der Waals surface area contributed by atoms with Crippen molar-refractivity contribution in [2.24, 2.45) is 0 Å². The summed E-state index contributed by atoms with van der Waals surface area (Å²) in [7, 11) is 15.2. The molecule has 0 aromatic heterocycles. The molecule has 2 aliphatic carbocycles. The molecule has 0 radical (unpaired) electrons. The van der Waals surface area contributed by atoms with Gasteiger partial charge in [0.15, 0.2) is 0 Å². The van der Waals surface area contributed by atoms with Crippen molar-refractivity contribution in [3.63, 3.8) is 0 Å². The van der Waals surface area contributed by atoms with Gasteiger partial charge < -0.3 is 0 Å². The third-order valence-electron chi connectivity index (χ3n) is 5.34. The number of benzene rings is 2. The molecule has 0 amide bonds. The Morgan fingerprint density at radius 1 is 0.783 bits per heavy atom. The quantitative estimate of drug-likeness (QED) is 0.414. The van der Waals surface area contributed by atoms with E-state index < -0.39 is 13.1 Å². The Kier molecular flexibility index (Phi) is 4.07. The van der Waals surface area contributed by atoms with Crippen molar-refractivity contribution in [3.8, 4) is 0 Å². The Balaban J connectivity index is 1.92. The standard InChI is InChI=1S/2C9H7.CH3.Al.2ClH.Hf/c2*1-2-5-9-7-3-6-8(9)4-1;;;;;/h2*1-7H;1H3;;2*1H;/q;;;;;;+2/p-2. The van der Waals surface area contributed by atoms with Gasteiger partial charge in [0.2, 0.25) is 0 Å². The molecule has 2 aromatic carbocycles. The molecule has 23 heavy (non-hydrogen) atoms. The topological polar surface area (TPSA) is 0 Å². The van der Waals surface area contributed by atoms with Crippen LogP contribution in [0.1, 0.15) is 29.6 Å². The second kappa shape index (κ2) is 5.72. The summed E-state index contributed by atoms with van der Waals surface area (Å²) in [6, 6.07) is 17.1. The summed E-state index contributed by atoms with van der Waals surface area (Å²) in [6.45, 7) is 0. The number of fused-ring (bicyclic) bond motifs is 2. The first-order valence-electron chi connectivity index (χ1n) is 7.96. The van der Waals surface area contributed by atoms with E-state index in [2.05, 4.69) is 78.6 Å². The molecule has 2 aromatic rings. The molecule has 0 N–H and O–H groups in total. The normalized spacial score (nSPS) is 21.9. The Bertz CT molecular complexity index is 853. The van der Waals surface area contributed by atoms with Crippen LogP contribution in [-0.4, -0.2) is 11.0 Å². The number of hydrogen-bond acceptors (Lipinski definition) is 0. The van der Waals surface area contributed by atoms with Gasteiger partial charge in [0, 0.05) is 0 Å². The molecular formula is C19H17AlCl2Hf. The van der Waals surface area contributed by atoms with E-state index >= 15 is 0 Å². The molecule has 114 valence electrons. The molecule has 0 saturated heterocycles. The number of allylic oxidation sites excluding steroid dienone is 2. The summed E-state index contributed by atoms with van der Waals surface area (Å²) < 4.78 is 0.458. The summed E-state index contributed by atoms with van der Waals surface area (Å²) in [4.78, 5) is 0. The first-order chi connectivity index (χ1) is 11.0. The monoisotopic (exact) mass is 522 g/mol. The van der Waals surface area contributed by atoms with Crippen LogP contribution in [0, 0.1) is 0 Å². The summed E-state index contributed by atoms with van der Waals surface area (Å²) in [5.74, 6) is 2.26. The zero-order valence-corrected chi connectivity index (χ0v) is 19.2. The van der Waals surface area contributed by atoms with Gasteiger partial charge in [0.1, 0.15) is 0 Å². The van der Waals surface area contributed by atoms with E-state index in [1.165, 1.54) is 22.3 Å². The fourth-order valence-corrected chi connectivity index (χ4v) is 34.3. The van der Waals surface area contributed by atoms with E-state index in [0.29, 0.717) is 0 Å². The predicted molar refractivity (Wildman–Crippen MR) is 99.8 cm³/mol. The Hall–Kier alpha value is -0.0974. The molecular weight excluding hydrogens is 505 g/mol. The zero-order valence-electron chi connectivity index (χ0n) is 12.9. The van der Waals surface area contributed by atoms with Gasteiger partial charge in [0.25, 0.3) is 0 Å². The van der Waals surface area contributed by atoms with Crippen molar-refractivity contribution in [1.29, 1.82) is 0 Å². The number of hydrogen-bond donors (Lipinski definition) is 0. The van der Waals surface area contributed by atoms with Crippen LogP contribution in [0.15, 0.2) is 60.7 Å². The van der Waals surface area contributed by atoms with E-state index in [1.54, 1.807) is 0 Å². The summed E-state index contributed by atoms with van der Waals surface area (Å²) in [6.07, 6.45) is 8.98. The molecule has 2 atom stereocenters. The predicted octanol–water partition coefficient (Wildman–Crippen LogP) is 6.19. The minimum atomic E-state index is -4.21. The van der Waals surface area contributed by atoms with Gasteiger partial charge >= 0.3 is 149 Å². The summed E-state index contributed by atoms with van der Waals surface area (Å²) >= 11 is -4.21. The first kappa shape index (κ1) is 16.4.